The minimum atomic E-state index is -0.360. The van der Waals surface area contributed by atoms with Crippen molar-refractivity contribution in [2.45, 2.75) is 46.1 Å². The number of nitrogens with zero attached hydrogens (tertiary/aromatic N) is 2. The Labute approximate surface area is 212 Å². The van der Waals surface area contributed by atoms with E-state index in [0.717, 1.165) is 67.3 Å². The Morgan fingerprint density at radius 2 is 1.67 bits per heavy atom. The Morgan fingerprint density at radius 1 is 0.944 bits per heavy atom. The third-order valence-electron chi connectivity index (χ3n) is 7.37. The standard InChI is InChI=1S/C31H33N3O2/c1-3-24-25(4-2)27(31(32)35)11-10-26(24)29(28-9-5-7-23-8-6-15-33-30(23)28)22-12-16-34(17-13-22)19-21-14-18-36-20-21/h5-11,14-15,18,20H,3-4,12-13,16-17,19H2,1-2H3,(H2,32,35). The van der Waals surface area contributed by atoms with Crippen molar-refractivity contribution in [3.63, 3.8) is 0 Å². The molecule has 36 heavy (non-hydrogen) atoms. The van der Waals surface area contributed by atoms with Crippen molar-refractivity contribution < 1.29 is 9.21 Å². The van der Waals surface area contributed by atoms with E-state index in [2.05, 4.69) is 49.1 Å². The van der Waals surface area contributed by atoms with Gasteiger partial charge in [0, 0.05) is 47.9 Å². The van der Waals surface area contributed by atoms with Crippen molar-refractivity contribution in [1.29, 1.82) is 0 Å². The van der Waals surface area contributed by atoms with Crippen LogP contribution in [-0.4, -0.2) is 28.9 Å². The van der Waals surface area contributed by atoms with Crippen LogP contribution in [0, 0.1) is 0 Å². The molecule has 1 amide bonds. The number of fused-ring (bicyclic) bond motifs is 1. The average molecular weight is 480 g/mol. The Kier molecular flexibility index (Phi) is 7.01. The van der Waals surface area contributed by atoms with Gasteiger partial charge in [0.25, 0.3) is 0 Å². The molecule has 5 rings (SSSR count). The lowest BCUT2D eigenvalue weighted by molar-refractivity contribution is 0.0999. The van der Waals surface area contributed by atoms with Gasteiger partial charge in [-0.2, -0.15) is 0 Å². The summed E-state index contributed by atoms with van der Waals surface area (Å²) in [7, 11) is 0. The highest BCUT2D eigenvalue weighted by Gasteiger charge is 2.24. The van der Waals surface area contributed by atoms with Crippen LogP contribution in [0.4, 0.5) is 0 Å². The van der Waals surface area contributed by atoms with Crippen molar-refractivity contribution >= 4 is 22.4 Å². The van der Waals surface area contributed by atoms with Crippen LogP contribution in [0.3, 0.4) is 0 Å². The minimum absolute atomic E-state index is 0.360. The molecule has 2 N–H and O–H groups in total. The summed E-state index contributed by atoms with van der Waals surface area (Å²) in [5.41, 5.74) is 16.0. The van der Waals surface area contributed by atoms with Gasteiger partial charge in [-0.1, -0.05) is 49.8 Å². The number of pyridine rings is 1. The van der Waals surface area contributed by atoms with Gasteiger partial charge in [0.2, 0.25) is 5.91 Å². The van der Waals surface area contributed by atoms with E-state index >= 15 is 0 Å². The second kappa shape index (κ2) is 10.5. The van der Waals surface area contributed by atoms with Gasteiger partial charge >= 0.3 is 0 Å². The second-order valence-electron chi connectivity index (χ2n) is 9.46. The Morgan fingerprint density at radius 3 is 2.36 bits per heavy atom. The highest BCUT2D eigenvalue weighted by Crippen LogP contribution is 2.38. The fraction of sp³-hybridized carbons (Fsp3) is 0.290. The van der Waals surface area contributed by atoms with Gasteiger partial charge in [0.05, 0.1) is 18.0 Å². The fourth-order valence-corrected chi connectivity index (χ4v) is 5.67. The number of likely N-dealkylation sites (tertiary alicyclic amines) is 1. The van der Waals surface area contributed by atoms with Crippen LogP contribution in [0.25, 0.3) is 16.5 Å². The molecule has 0 saturated carbocycles. The molecule has 5 nitrogen and oxygen atoms in total. The lowest BCUT2D eigenvalue weighted by Crippen LogP contribution is -2.30. The molecule has 184 valence electrons. The molecule has 0 aliphatic carbocycles. The topological polar surface area (TPSA) is 72.4 Å². The van der Waals surface area contributed by atoms with E-state index in [0.29, 0.717) is 5.56 Å². The number of primary amides is 1. The molecule has 1 fully saturated rings. The molecule has 0 bridgehead atoms. The normalized spacial score (nSPS) is 14.3. The summed E-state index contributed by atoms with van der Waals surface area (Å²) in [5, 5.41) is 1.13. The maximum Gasteiger partial charge on any atom is 0.248 e. The van der Waals surface area contributed by atoms with Crippen molar-refractivity contribution in [2.75, 3.05) is 13.1 Å². The number of hydrogen-bond donors (Lipinski definition) is 1. The van der Waals surface area contributed by atoms with E-state index in [1.54, 1.807) is 6.26 Å². The Hall–Kier alpha value is -3.70. The lowest BCUT2D eigenvalue weighted by atomic mass is 9.82. The predicted molar refractivity (Wildman–Crippen MR) is 145 cm³/mol. The maximum absolute atomic E-state index is 12.2. The largest absolute Gasteiger partial charge is 0.472 e. The molecule has 4 aromatic rings. The van der Waals surface area contributed by atoms with Gasteiger partial charge in [-0.3, -0.25) is 14.7 Å². The van der Waals surface area contributed by atoms with E-state index in [9.17, 15) is 4.79 Å². The minimum Gasteiger partial charge on any atom is -0.472 e. The molecule has 3 heterocycles. The zero-order chi connectivity index (χ0) is 25.1. The number of amides is 1. The number of nitrogens with two attached hydrogens (primary N) is 1. The monoisotopic (exact) mass is 479 g/mol. The Balaban J connectivity index is 1.66. The second-order valence-corrected chi connectivity index (χ2v) is 9.46. The van der Waals surface area contributed by atoms with Crippen molar-refractivity contribution in [1.82, 2.24) is 9.88 Å². The first kappa shape index (κ1) is 24.0. The summed E-state index contributed by atoms with van der Waals surface area (Å²) in [6, 6.07) is 16.6. The SMILES string of the molecule is CCc1c(C(N)=O)ccc(C(=C2CCN(Cc3ccoc3)CC2)c2cccc3cccnc23)c1CC. The lowest BCUT2D eigenvalue weighted by Gasteiger charge is -2.31. The fourth-order valence-electron chi connectivity index (χ4n) is 5.67. The zero-order valence-electron chi connectivity index (χ0n) is 21.1. The van der Waals surface area contributed by atoms with E-state index in [-0.39, 0.29) is 5.91 Å². The van der Waals surface area contributed by atoms with Crippen LogP contribution in [0.2, 0.25) is 0 Å². The number of piperidine rings is 1. The first-order valence-corrected chi connectivity index (χ1v) is 12.8. The molecular formula is C31H33N3O2. The predicted octanol–water partition coefficient (Wildman–Crippen LogP) is 6.15. The number of aromatic nitrogens is 1. The van der Waals surface area contributed by atoms with Gasteiger partial charge in [-0.05, 0) is 66.1 Å². The molecule has 2 aromatic carbocycles. The quantitative estimate of drug-likeness (QED) is 0.345. The van der Waals surface area contributed by atoms with Crippen LogP contribution >= 0.6 is 0 Å². The van der Waals surface area contributed by atoms with Gasteiger partial charge in [-0.15, -0.1) is 0 Å². The van der Waals surface area contributed by atoms with Gasteiger partial charge < -0.3 is 10.2 Å². The summed E-state index contributed by atoms with van der Waals surface area (Å²) in [4.78, 5) is 19.5. The third kappa shape index (κ3) is 4.59. The van der Waals surface area contributed by atoms with Crippen molar-refractivity contribution in [3.8, 4) is 0 Å². The number of para-hydroxylation sites is 1. The summed E-state index contributed by atoms with van der Waals surface area (Å²) >= 11 is 0. The van der Waals surface area contributed by atoms with E-state index in [4.69, 9.17) is 15.1 Å². The highest BCUT2D eigenvalue weighted by atomic mass is 16.3. The first-order valence-electron chi connectivity index (χ1n) is 12.8. The maximum atomic E-state index is 12.2. The van der Waals surface area contributed by atoms with Crippen molar-refractivity contribution in [3.05, 3.63) is 106 Å². The van der Waals surface area contributed by atoms with Gasteiger partial charge in [0.15, 0.2) is 0 Å². The molecular weight excluding hydrogens is 446 g/mol. The number of carbonyl (C=O) groups excluding carboxylic acids is 1. The zero-order valence-corrected chi connectivity index (χ0v) is 21.1. The highest BCUT2D eigenvalue weighted by molar-refractivity contribution is 5.99. The van der Waals surface area contributed by atoms with Gasteiger partial charge in [0.1, 0.15) is 0 Å². The van der Waals surface area contributed by atoms with Gasteiger partial charge in [-0.25, -0.2) is 0 Å². The van der Waals surface area contributed by atoms with Crippen LogP contribution in [-0.2, 0) is 19.4 Å². The molecule has 0 spiro atoms. The van der Waals surface area contributed by atoms with E-state index in [1.165, 1.54) is 27.8 Å². The summed E-state index contributed by atoms with van der Waals surface area (Å²) in [6.45, 7) is 7.15. The number of furan rings is 1. The summed E-state index contributed by atoms with van der Waals surface area (Å²) < 4.78 is 5.27. The first-order chi connectivity index (χ1) is 17.6. The number of benzene rings is 2. The molecule has 1 saturated heterocycles. The van der Waals surface area contributed by atoms with E-state index in [1.807, 2.05) is 30.7 Å². The molecule has 0 radical (unpaired) electrons. The van der Waals surface area contributed by atoms with Crippen LogP contribution in [0.5, 0.6) is 0 Å². The van der Waals surface area contributed by atoms with Crippen LogP contribution in [0.15, 0.2) is 77.2 Å². The molecule has 1 aliphatic rings. The molecule has 0 unspecified atom stereocenters. The molecule has 5 heteroatoms. The summed E-state index contributed by atoms with van der Waals surface area (Å²) in [6.07, 6.45) is 9.01. The molecule has 2 aromatic heterocycles. The average Bonchev–Trinajstić information content (AvgIpc) is 3.42. The summed E-state index contributed by atoms with van der Waals surface area (Å²) in [5.74, 6) is -0.360. The van der Waals surface area contributed by atoms with Crippen LogP contribution in [0.1, 0.15) is 64.9 Å². The van der Waals surface area contributed by atoms with E-state index < -0.39 is 0 Å². The number of rotatable bonds is 7. The third-order valence-corrected chi connectivity index (χ3v) is 7.37. The molecule has 0 atom stereocenters. The van der Waals surface area contributed by atoms with Crippen LogP contribution < -0.4 is 5.73 Å². The number of carbonyl (C=O) groups is 1. The van der Waals surface area contributed by atoms with Crippen molar-refractivity contribution in [2.24, 2.45) is 5.73 Å². The number of hydrogen-bond acceptors (Lipinski definition) is 4. The molecule has 1 aliphatic heterocycles. The smallest absolute Gasteiger partial charge is 0.248 e. The Bertz CT molecular complexity index is 1400.